The molecule has 0 bridgehead atoms. The van der Waals surface area contributed by atoms with Gasteiger partial charge in [-0.1, -0.05) is 315 Å². The van der Waals surface area contributed by atoms with Gasteiger partial charge in [0.05, 0.1) is 25.4 Å². The smallest absolute Gasteiger partial charge is 0.305 e. The van der Waals surface area contributed by atoms with Crippen LogP contribution in [0.4, 0.5) is 0 Å². The van der Waals surface area contributed by atoms with Gasteiger partial charge >= 0.3 is 5.97 Å². The maximum atomic E-state index is 12.5. The average molecular weight is 1000 g/mol. The number of allylic oxidation sites excluding steroid dienone is 2. The van der Waals surface area contributed by atoms with Crippen LogP contribution in [0.15, 0.2) is 12.2 Å². The molecule has 0 spiro atoms. The van der Waals surface area contributed by atoms with E-state index in [1.54, 1.807) is 0 Å². The van der Waals surface area contributed by atoms with Crippen LogP contribution in [0, 0.1) is 0 Å². The molecule has 0 aliphatic rings. The molecule has 0 rings (SSSR count). The second-order valence-corrected chi connectivity index (χ2v) is 22.5. The molecule has 6 heteroatoms. The molecule has 0 fully saturated rings. The highest BCUT2D eigenvalue weighted by Crippen LogP contribution is 2.18. The van der Waals surface area contributed by atoms with Crippen LogP contribution >= 0.6 is 0 Å². The van der Waals surface area contributed by atoms with Gasteiger partial charge in [0.2, 0.25) is 5.91 Å². The summed E-state index contributed by atoms with van der Waals surface area (Å²) in [6.45, 7) is 4.98. The van der Waals surface area contributed by atoms with Gasteiger partial charge in [0.1, 0.15) is 0 Å². The van der Waals surface area contributed by atoms with Crippen LogP contribution in [0.3, 0.4) is 0 Å². The summed E-state index contributed by atoms with van der Waals surface area (Å²) in [5, 5.41) is 23.3. The zero-order valence-corrected chi connectivity index (χ0v) is 48.2. The van der Waals surface area contributed by atoms with E-state index in [1.165, 1.54) is 295 Å². The number of amides is 1. The first kappa shape index (κ1) is 69.6. The first-order valence-electron chi connectivity index (χ1n) is 32.4. The number of rotatable bonds is 61. The zero-order chi connectivity index (χ0) is 51.4. The first-order valence-corrected chi connectivity index (χ1v) is 32.4. The highest BCUT2D eigenvalue weighted by molar-refractivity contribution is 5.76. The molecule has 1 amide bonds. The summed E-state index contributed by atoms with van der Waals surface area (Å²) in [5.41, 5.74) is 0. The molecule has 71 heavy (non-hydrogen) atoms. The van der Waals surface area contributed by atoms with Crippen molar-refractivity contribution in [2.45, 2.75) is 379 Å². The predicted octanol–water partition coefficient (Wildman–Crippen LogP) is 20.4. The van der Waals surface area contributed by atoms with Crippen LogP contribution in [0.5, 0.6) is 0 Å². The maximum Gasteiger partial charge on any atom is 0.305 e. The lowest BCUT2D eigenvalue weighted by atomic mass is 10.0. The molecule has 3 N–H and O–H groups in total. The number of aliphatic hydroxyl groups excluding tert-OH is 2. The number of unbranched alkanes of at least 4 members (excludes halogenated alkanes) is 48. The summed E-state index contributed by atoms with van der Waals surface area (Å²) in [5.74, 6) is -0.0290. The molecule has 0 aromatic rings. The Bertz CT molecular complexity index is 1060. The summed E-state index contributed by atoms with van der Waals surface area (Å²) in [6.07, 6.45) is 73.7. The van der Waals surface area contributed by atoms with Crippen LogP contribution in [0.25, 0.3) is 0 Å². The van der Waals surface area contributed by atoms with Gasteiger partial charge in [0, 0.05) is 12.8 Å². The summed E-state index contributed by atoms with van der Waals surface area (Å²) in [7, 11) is 0. The molecule has 0 aliphatic heterocycles. The van der Waals surface area contributed by atoms with E-state index in [9.17, 15) is 19.8 Å². The van der Waals surface area contributed by atoms with Crippen molar-refractivity contribution in [1.29, 1.82) is 0 Å². The predicted molar refractivity (Wildman–Crippen MR) is 310 cm³/mol. The minimum Gasteiger partial charge on any atom is -0.466 e. The fraction of sp³-hybridized carbons (Fsp3) is 0.938. The van der Waals surface area contributed by atoms with Crippen LogP contribution < -0.4 is 5.32 Å². The largest absolute Gasteiger partial charge is 0.466 e. The van der Waals surface area contributed by atoms with Gasteiger partial charge in [-0.15, -0.1) is 0 Å². The van der Waals surface area contributed by atoms with E-state index in [0.29, 0.717) is 25.9 Å². The lowest BCUT2D eigenvalue weighted by molar-refractivity contribution is -0.143. The highest BCUT2D eigenvalue weighted by atomic mass is 16.5. The van der Waals surface area contributed by atoms with E-state index in [4.69, 9.17) is 4.74 Å². The van der Waals surface area contributed by atoms with Crippen molar-refractivity contribution in [2.75, 3.05) is 13.2 Å². The number of hydrogen-bond donors (Lipinski definition) is 3. The van der Waals surface area contributed by atoms with Gasteiger partial charge in [0.15, 0.2) is 0 Å². The number of carbonyl (C=O) groups is 2. The van der Waals surface area contributed by atoms with Crippen molar-refractivity contribution in [3.63, 3.8) is 0 Å². The molecular weight excluding hydrogens is 875 g/mol. The van der Waals surface area contributed by atoms with Gasteiger partial charge in [0.25, 0.3) is 0 Å². The SMILES string of the molecule is CCCCCCCCCCCCCCCCCCCCCC(=O)OCCCCCCCCCCC/C=C\CCCCCCCCCC(=O)NC(CO)C(O)CCCCCCCCCCCCCCCCC. The molecule has 0 aliphatic carbocycles. The van der Waals surface area contributed by atoms with Crippen molar-refractivity contribution in [2.24, 2.45) is 0 Å². The Morgan fingerprint density at radius 2 is 0.662 bits per heavy atom. The Labute approximate surface area is 444 Å². The minimum absolute atomic E-state index is 0.0119. The Balaban J connectivity index is 3.39. The number of hydrogen-bond acceptors (Lipinski definition) is 5. The number of aliphatic hydroxyl groups is 2. The number of ether oxygens (including phenoxy) is 1. The Kier molecular flexibility index (Phi) is 59.9. The molecular formula is C65H127NO5. The van der Waals surface area contributed by atoms with Gasteiger partial charge in [-0.25, -0.2) is 0 Å². The normalized spacial score (nSPS) is 12.6. The van der Waals surface area contributed by atoms with Crippen molar-refractivity contribution in [3.05, 3.63) is 12.2 Å². The third kappa shape index (κ3) is 57.7. The van der Waals surface area contributed by atoms with E-state index < -0.39 is 12.1 Å². The molecule has 422 valence electrons. The molecule has 0 radical (unpaired) electrons. The minimum atomic E-state index is -0.669. The van der Waals surface area contributed by atoms with E-state index in [-0.39, 0.29) is 18.5 Å². The lowest BCUT2D eigenvalue weighted by Gasteiger charge is -2.22. The topological polar surface area (TPSA) is 95.9 Å². The quantitative estimate of drug-likeness (QED) is 0.0320. The zero-order valence-electron chi connectivity index (χ0n) is 48.2. The average Bonchev–Trinajstić information content (AvgIpc) is 3.37. The molecule has 6 nitrogen and oxygen atoms in total. The van der Waals surface area contributed by atoms with Gasteiger partial charge in [-0.2, -0.15) is 0 Å². The summed E-state index contributed by atoms with van der Waals surface area (Å²) >= 11 is 0. The van der Waals surface area contributed by atoms with Crippen LogP contribution in [0.1, 0.15) is 367 Å². The second kappa shape index (κ2) is 61.1. The maximum absolute atomic E-state index is 12.5. The summed E-state index contributed by atoms with van der Waals surface area (Å²) < 4.78 is 5.50. The molecule has 0 heterocycles. The Morgan fingerprint density at radius 1 is 0.380 bits per heavy atom. The third-order valence-electron chi connectivity index (χ3n) is 15.3. The standard InChI is InChI=1S/C65H127NO5/c1-3-5-7-9-11-13-15-17-19-20-23-27-31-35-39-43-47-51-55-59-65(70)71-60-56-52-48-44-40-36-32-28-25-22-21-24-26-30-34-38-42-46-50-54-58-64(69)66-62(61-67)63(68)57-53-49-45-41-37-33-29-18-16-14-12-10-8-6-4-2/h21,24,62-63,67-68H,3-20,22-23,25-61H2,1-2H3,(H,66,69)/b24-21-. The molecule has 0 aromatic carbocycles. The fourth-order valence-electron chi connectivity index (χ4n) is 10.3. The van der Waals surface area contributed by atoms with Gasteiger partial charge in [-0.3, -0.25) is 9.59 Å². The number of nitrogens with one attached hydrogen (secondary N) is 1. The Morgan fingerprint density at radius 3 is 1.00 bits per heavy atom. The number of esters is 1. The molecule has 0 aromatic heterocycles. The molecule has 0 saturated heterocycles. The van der Waals surface area contributed by atoms with E-state index in [2.05, 4.69) is 31.3 Å². The van der Waals surface area contributed by atoms with Crippen molar-refractivity contribution in [3.8, 4) is 0 Å². The Hall–Kier alpha value is -1.40. The summed E-state index contributed by atoms with van der Waals surface area (Å²) in [4.78, 5) is 24.6. The first-order chi connectivity index (χ1) is 35.0. The summed E-state index contributed by atoms with van der Waals surface area (Å²) in [6, 6.07) is -0.547. The molecule has 2 atom stereocenters. The lowest BCUT2D eigenvalue weighted by Crippen LogP contribution is -2.45. The van der Waals surface area contributed by atoms with Crippen LogP contribution in [-0.4, -0.2) is 47.4 Å². The third-order valence-corrected chi connectivity index (χ3v) is 15.3. The van der Waals surface area contributed by atoms with E-state index >= 15 is 0 Å². The second-order valence-electron chi connectivity index (χ2n) is 22.5. The molecule has 2 unspecified atom stereocenters. The van der Waals surface area contributed by atoms with Crippen molar-refractivity contribution >= 4 is 11.9 Å². The van der Waals surface area contributed by atoms with Crippen LogP contribution in [0.2, 0.25) is 0 Å². The van der Waals surface area contributed by atoms with Crippen LogP contribution in [-0.2, 0) is 14.3 Å². The van der Waals surface area contributed by atoms with Crippen molar-refractivity contribution in [1.82, 2.24) is 5.32 Å². The van der Waals surface area contributed by atoms with Gasteiger partial charge in [-0.05, 0) is 51.4 Å². The fourth-order valence-corrected chi connectivity index (χ4v) is 10.3. The van der Waals surface area contributed by atoms with Gasteiger partial charge < -0.3 is 20.3 Å². The monoisotopic (exact) mass is 1000 g/mol. The molecule has 0 saturated carbocycles. The van der Waals surface area contributed by atoms with Crippen molar-refractivity contribution < 1.29 is 24.5 Å². The van der Waals surface area contributed by atoms with E-state index in [0.717, 1.165) is 38.5 Å². The number of carbonyl (C=O) groups excluding carboxylic acids is 2. The van der Waals surface area contributed by atoms with E-state index in [1.807, 2.05) is 0 Å². The highest BCUT2D eigenvalue weighted by Gasteiger charge is 2.20.